The zero-order valence-corrected chi connectivity index (χ0v) is 9.89. The molecule has 18 heavy (non-hydrogen) atoms. The second kappa shape index (κ2) is 3.63. The van der Waals surface area contributed by atoms with E-state index in [1.54, 1.807) is 0 Å². The fraction of sp³-hybridized carbons (Fsp3) is 0.300. The summed E-state index contributed by atoms with van der Waals surface area (Å²) in [6, 6.07) is 0. The highest BCUT2D eigenvalue weighted by atomic mass is 35.5. The molecule has 6 nitrogen and oxygen atoms in total. The zero-order chi connectivity index (χ0) is 12.9. The van der Waals surface area contributed by atoms with Crippen molar-refractivity contribution < 1.29 is 9.50 Å². The molecule has 1 aliphatic carbocycles. The van der Waals surface area contributed by atoms with Gasteiger partial charge in [0, 0.05) is 12.6 Å². The quantitative estimate of drug-likeness (QED) is 0.794. The molecular formula is C10H9ClFN5O. The van der Waals surface area contributed by atoms with Gasteiger partial charge in [-0.15, -0.1) is 0 Å². The summed E-state index contributed by atoms with van der Waals surface area (Å²) in [5.41, 5.74) is 5.18. The Morgan fingerprint density at radius 2 is 2.39 bits per heavy atom. The summed E-state index contributed by atoms with van der Waals surface area (Å²) in [5, 5.41) is 9.01. The monoisotopic (exact) mass is 269 g/mol. The number of fused-ring (bicyclic) bond motifs is 1. The van der Waals surface area contributed by atoms with Crippen LogP contribution >= 0.6 is 11.6 Å². The van der Waals surface area contributed by atoms with Crippen molar-refractivity contribution in [3.63, 3.8) is 0 Å². The van der Waals surface area contributed by atoms with E-state index in [1.165, 1.54) is 17.1 Å². The standard InChI is InChI=1S/C10H9ClFN5O/c11-7-6-8(16-9(13)15-7)17(4-14-6)2-5-1-10(5,12)3-18/h2,4,18H,1,3H2,(H2,13,15,16)/b5-2+. The maximum atomic E-state index is 13.6. The molecule has 0 aliphatic heterocycles. The average molecular weight is 270 g/mol. The summed E-state index contributed by atoms with van der Waals surface area (Å²) in [4.78, 5) is 11.8. The Hall–Kier alpha value is -1.73. The Bertz CT molecular complexity index is 670. The van der Waals surface area contributed by atoms with Crippen LogP contribution in [0.25, 0.3) is 17.4 Å². The van der Waals surface area contributed by atoms with Gasteiger partial charge in [-0.2, -0.15) is 9.97 Å². The van der Waals surface area contributed by atoms with E-state index in [0.717, 1.165) is 0 Å². The van der Waals surface area contributed by atoms with Gasteiger partial charge in [0.25, 0.3) is 0 Å². The normalized spacial score (nSPS) is 24.9. The number of aliphatic hydroxyl groups excluding tert-OH is 1. The van der Waals surface area contributed by atoms with Gasteiger partial charge in [-0.3, -0.25) is 4.57 Å². The first-order chi connectivity index (χ1) is 8.53. The summed E-state index contributed by atoms with van der Waals surface area (Å²) in [6.45, 7) is -0.524. The van der Waals surface area contributed by atoms with E-state index in [-0.39, 0.29) is 17.5 Å². The first-order valence-corrected chi connectivity index (χ1v) is 5.58. The van der Waals surface area contributed by atoms with Gasteiger partial charge >= 0.3 is 0 Å². The maximum Gasteiger partial charge on any atom is 0.223 e. The van der Waals surface area contributed by atoms with E-state index in [1.807, 2.05) is 0 Å². The summed E-state index contributed by atoms with van der Waals surface area (Å²) in [6.07, 6.45) is 3.19. The van der Waals surface area contributed by atoms with Crippen molar-refractivity contribution >= 4 is 34.9 Å². The number of nitrogens with two attached hydrogens (primary N) is 1. The van der Waals surface area contributed by atoms with Crippen molar-refractivity contribution in [2.24, 2.45) is 0 Å². The van der Waals surface area contributed by atoms with E-state index < -0.39 is 12.3 Å². The van der Waals surface area contributed by atoms with Crippen LogP contribution in [0.15, 0.2) is 11.9 Å². The van der Waals surface area contributed by atoms with Crippen LogP contribution in [0.4, 0.5) is 10.3 Å². The van der Waals surface area contributed by atoms with E-state index in [0.29, 0.717) is 16.7 Å². The lowest BCUT2D eigenvalue weighted by atomic mass is 10.4. The van der Waals surface area contributed by atoms with Crippen LogP contribution in [0.1, 0.15) is 6.42 Å². The molecule has 94 valence electrons. The number of hydrogen-bond donors (Lipinski definition) is 2. The number of rotatable bonds is 2. The minimum Gasteiger partial charge on any atom is -0.393 e. The van der Waals surface area contributed by atoms with Crippen LogP contribution in [0, 0.1) is 0 Å². The molecule has 8 heteroatoms. The maximum absolute atomic E-state index is 13.6. The fourth-order valence-corrected chi connectivity index (χ4v) is 1.96. The van der Waals surface area contributed by atoms with Crippen LogP contribution in [-0.2, 0) is 0 Å². The van der Waals surface area contributed by atoms with Gasteiger partial charge in [-0.25, -0.2) is 9.37 Å². The Kier molecular flexibility index (Phi) is 2.29. The third kappa shape index (κ3) is 1.63. The Morgan fingerprint density at radius 3 is 3.06 bits per heavy atom. The number of alkyl halides is 1. The molecule has 0 radical (unpaired) electrons. The minimum atomic E-state index is -1.61. The minimum absolute atomic E-state index is 0.0251. The molecule has 0 saturated heterocycles. The number of halogens is 2. The molecule has 3 rings (SSSR count). The van der Waals surface area contributed by atoms with Gasteiger partial charge in [0.15, 0.2) is 16.5 Å². The lowest BCUT2D eigenvalue weighted by Crippen LogP contribution is -2.06. The zero-order valence-electron chi connectivity index (χ0n) is 9.14. The van der Waals surface area contributed by atoms with Crippen LogP contribution in [0.5, 0.6) is 0 Å². The van der Waals surface area contributed by atoms with Crippen molar-refractivity contribution in [2.45, 2.75) is 12.1 Å². The lowest BCUT2D eigenvalue weighted by Gasteiger charge is -1.99. The predicted molar refractivity (Wildman–Crippen MR) is 64.6 cm³/mol. The summed E-state index contributed by atoms with van der Waals surface area (Å²) in [7, 11) is 0. The topological polar surface area (TPSA) is 89.8 Å². The molecule has 1 saturated carbocycles. The SMILES string of the molecule is Nc1nc(Cl)c2ncn(/C=C3\CC3(F)CO)c2n1. The number of nitrogens with zero attached hydrogens (tertiary/aromatic N) is 4. The smallest absolute Gasteiger partial charge is 0.223 e. The average Bonchev–Trinajstić information content (AvgIpc) is 2.78. The third-order valence-electron chi connectivity index (χ3n) is 2.86. The van der Waals surface area contributed by atoms with Crippen LogP contribution in [0.2, 0.25) is 5.15 Å². The molecule has 1 aliphatic rings. The number of aliphatic hydroxyl groups is 1. The number of anilines is 1. The third-order valence-corrected chi connectivity index (χ3v) is 3.13. The van der Waals surface area contributed by atoms with Gasteiger partial charge in [0.1, 0.15) is 11.8 Å². The largest absolute Gasteiger partial charge is 0.393 e. The van der Waals surface area contributed by atoms with Gasteiger partial charge in [-0.1, -0.05) is 11.6 Å². The molecule has 1 fully saturated rings. The van der Waals surface area contributed by atoms with E-state index >= 15 is 0 Å². The fourth-order valence-electron chi connectivity index (χ4n) is 1.74. The van der Waals surface area contributed by atoms with Gasteiger partial charge in [0.2, 0.25) is 5.95 Å². The Balaban J connectivity index is 2.10. The Labute approximate surface area is 106 Å². The molecule has 3 N–H and O–H groups in total. The number of hydrogen-bond acceptors (Lipinski definition) is 5. The molecule has 1 atom stereocenters. The number of nitrogen functional groups attached to an aromatic ring is 1. The van der Waals surface area contributed by atoms with Crippen LogP contribution < -0.4 is 5.73 Å². The number of imidazole rings is 1. The molecule has 0 spiro atoms. The molecule has 0 aromatic carbocycles. The highest BCUT2D eigenvalue weighted by molar-refractivity contribution is 6.33. The first-order valence-electron chi connectivity index (χ1n) is 5.20. The van der Waals surface area contributed by atoms with Crippen molar-refractivity contribution in [3.05, 3.63) is 17.1 Å². The van der Waals surface area contributed by atoms with Gasteiger partial charge in [0.05, 0.1) is 6.61 Å². The van der Waals surface area contributed by atoms with Crippen molar-refractivity contribution in [2.75, 3.05) is 12.3 Å². The summed E-state index contributed by atoms with van der Waals surface area (Å²) >= 11 is 5.87. The highest BCUT2D eigenvalue weighted by Gasteiger charge is 2.49. The van der Waals surface area contributed by atoms with Crippen molar-refractivity contribution in [1.82, 2.24) is 19.5 Å². The first kappa shape index (κ1) is 11.4. The summed E-state index contributed by atoms with van der Waals surface area (Å²) < 4.78 is 15.1. The van der Waals surface area contributed by atoms with E-state index in [4.69, 9.17) is 22.4 Å². The van der Waals surface area contributed by atoms with Crippen LogP contribution in [-0.4, -0.2) is 36.9 Å². The van der Waals surface area contributed by atoms with E-state index in [9.17, 15) is 4.39 Å². The predicted octanol–water partition coefficient (Wildman–Crippen LogP) is 1.01. The van der Waals surface area contributed by atoms with Crippen molar-refractivity contribution in [3.8, 4) is 0 Å². The molecule has 0 amide bonds. The highest BCUT2D eigenvalue weighted by Crippen LogP contribution is 2.46. The van der Waals surface area contributed by atoms with Gasteiger partial charge < -0.3 is 10.8 Å². The Morgan fingerprint density at radius 1 is 1.61 bits per heavy atom. The second-order valence-electron chi connectivity index (χ2n) is 4.15. The van der Waals surface area contributed by atoms with Crippen molar-refractivity contribution in [1.29, 1.82) is 0 Å². The molecule has 2 aromatic rings. The second-order valence-corrected chi connectivity index (χ2v) is 4.51. The van der Waals surface area contributed by atoms with Gasteiger partial charge in [-0.05, 0) is 5.57 Å². The molecule has 0 bridgehead atoms. The number of aromatic nitrogens is 4. The molecular weight excluding hydrogens is 261 g/mol. The van der Waals surface area contributed by atoms with Crippen LogP contribution in [0.3, 0.4) is 0 Å². The lowest BCUT2D eigenvalue weighted by molar-refractivity contribution is 0.170. The van der Waals surface area contributed by atoms with E-state index in [2.05, 4.69) is 15.0 Å². The molecule has 1 unspecified atom stereocenters. The molecule has 2 heterocycles. The summed E-state index contributed by atoms with van der Waals surface area (Å²) in [5.74, 6) is 0.0251. The molecule has 2 aromatic heterocycles.